The minimum Gasteiger partial charge on any atom is -0.457 e. The molecule has 2 heteroatoms. The summed E-state index contributed by atoms with van der Waals surface area (Å²) in [6.07, 6.45) is 0. The van der Waals surface area contributed by atoms with E-state index in [-0.39, 0.29) is 5.41 Å². The van der Waals surface area contributed by atoms with Crippen LogP contribution in [0.5, 0.6) is 11.5 Å². The summed E-state index contributed by atoms with van der Waals surface area (Å²) in [6, 6.07) is 14.6. The molecular formula is C18H21BrO. The van der Waals surface area contributed by atoms with E-state index in [0.29, 0.717) is 0 Å². The lowest BCUT2D eigenvalue weighted by molar-refractivity contribution is 0.477. The number of rotatable bonds is 3. The highest BCUT2D eigenvalue weighted by Gasteiger charge is 2.13. The molecule has 0 saturated carbocycles. The molecule has 0 amide bonds. The lowest BCUT2D eigenvalue weighted by Gasteiger charge is -2.19. The molecule has 2 aromatic rings. The van der Waals surface area contributed by atoms with E-state index in [1.807, 2.05) is 18.2 Å². The largest absolute Gasteiger partial charge is 0.457 e. The highest BCUT2D eigenvalue weighted by Crippen LogP contribution is 2.29. The molecule has 0 atom stereocenters. The van der Waals surface area contributed by atoms with Crippen LogP contribution < -0.4 is 4.74 Å². The molecule has 0 aromatic heterocycles. The first-order valence-corrected chi connectivity index (χ1v) is 7.96. The van der Waals surface area contributed by atoms with Gasteiger partial charge in [-0.3, -0.25) is 0 Å². The Bertz CT molecular complexity index is 579. The van der Waals surface area contributed by atoms with Crippen molar-refractivity contribution in [3.05, 3.63) is 59.2 Å². The van der Waals surface area contributed by atoms with E-state index in [4.69, 9.17) is 4.74 Å². The Balaban J connectivity index is 2.18. The standard InChI is InChI=1S/C18H21BrO/c1-13-11-14(12-19)5-10-17(13)20-16-8-6-15(7-9-16)18(2,3)4/h5-11H,12H2,1-4H3. The predicted molar refractivity (Wildman–Crippen MR) is 89.0 cm³/mol. The molecule has 0 heterocycles. The van der Waals surface area contributed by atoms with Gasteiger partial charge in [-0.25, -0.2) is 0 Å². The van der Waals surface area contributed by atoms with Gasteiger partial charge in [0, 0.05) is 5.33 Å². The fourth-order valence-corrected chi connectivity index (χ4v) is 2.41. The second-order valence-electron chi connectivity index (χ2n) is 6.11. The van der Waals surface area contributed by atoms with E-state index in [1.54, 1.807) is 0 Å². The molecule has 0 bridgehead atoms. The Morgan fingerprint density at radius 1 is 1.00 bits per heavy atom. The lowest BCUT2D eigenvalue weighted by atomic mass is 9.87. The van der Waals surface area contributed by atoms with Crippen molar-refractivity contribution in [3.63, 3.8) is 0 Å². The summed E-state index contributed by atoms with van der Waals surface area (Å²) in [7, 11) is 0. The smallest absolute Gasteiger partial charge is 0.130 e. The van der Waals surface area contributed by atoms with Crippen molar-refractivity contribution >= 4 is 15.9 Å². The quantitative estimate of drug-likeness (QED) is 0.628. The third-order valence-electron chi connectivity index (χ3n) is 3.34. The van der Waals surface area contributed by atoms with E-state index < -0.39 is 0 Å². The van der Waals surface area contributed by atoms with Crippen LogP contribution in [0.25, 0.3) is 0 Å². The van der Waals surface area contributed by atoms with E-state index >= 15 is 0 Å². The van der Waals surface area contributed by atoms with Gasteiger partial charge in [-0.2, -0.15) is 0 Å². The van der Waals surface area contributed by atoms with Gasteiger partial charge in [0.1, 0.15) is 11.5 Å². The SMILES string of the molecule is Cc1cc(CBr)ccc1Oc1ccc(C(C)(C)C)cc1. The molecular weight excluding hydrogens is 312 g/mol. The molecule has 0 spiro atoms. The molecule has 0 aliphatic heterocycles. The number of halogens is 1. The second kappa shape index (κ2) is 6.01. The predicted octanol–water partition coefficient (Wildman–Crippen LogP) is 5.98. The first-order valence-electron chi connectivity index (χ1n) is 6.84. The van der Waals surface area contributed by atoms with Crippen LogP contribution in [0.4, 0.5) is 0 Å². The molecule has 0 fully saturated rings. The zero-order chi connectivity index (χ0) is 14.8. The van der Waals surface area contributed by atoms with Crippen LogP contribution in [0, 0.1) is 6.92 Å². The first-order chi connectivity index (χ1) is 9.40. The number of benzene rings is 2. The molecule has 0 N–H and O–H groups in total. The molecule has 106 valence electrons. The Hall–Kier alpha value is -1.28. The first kappa shape index (κ1) is 15.1. The Morgan fingerprint density at radius 2 is 1.65 bits per heavy atom. The lowest BCUT2D eigenvalue weighted by Crippen LogP contribution is -2.10. The van der Waals surface area contributed by atoms with E-state index in [0.717, 1.165) is 22.4 Å². The molecule has 0 aliphatic rings. The third kappa shape index (κ3) is 3.63. The topological polar surface area (TPSA) is 9.23 Å². The molecule has 20 heavy (non-hydrogen) atoms. The molecule has 0 aliphatic carbocycles. The summed E-state index contributed by atoms with van der Waals surface area (Å²) >= 11 is 3.47. The van der Waals surface area contributed by atoms with Crippen LogP contribution in [0.1, 0.15) is 37.5 Å². The van der Waals surface area contributed by atoms with Crippen molar-refractivity contribution in [2.24, 2.45) is 0 Å². The Morgan fingerprint density at radius 3 is 2.15 bits per heavy atom. The minimum absolute atomic E-state index is 0.173. The van der Waals surface area contributed by atoms with Crippen molar-refractivity contribution in [2.75, 3.05) is 0 Å². The number of alkyl halides is 1. The Labute approximate surface area is 130 Å². The van der Waals surface area contributed by atoms with E-state index in [9.17, 15) is 0 Å². The van der Waals surface area contributed by atoms with Crippen molar-refractivity contribution in [1.82, 2.24) is 0 Å². The average molecular weight is 333 g/mol. The van der Waals surface area contributed by atoms with Gasteiger partial charge in [-0.15, -0.1) is 0 Å². The van der Waals surface area contributed by atoms with Gasteiger partial charge in [0.05, 0.1) is 0 Å². The van der Waals surface area contributed by atoms with Crippen LogP contribution in [0.2, 0.25) is 0 Å². The van der Waals surface area contributed by atoms with Gasteiger partial charge in [0.2, 0.25) is 0 Å². The van der Waals surface area contributed by atoms with Crippen LogP contribution in [0.15, 0.2) is 42.5 Å². The van der Waals surface area contributed by atoms with Crippen LogP contribution in [-0.4, -0.2) is 0 Å². The number of aryl methyl sites for hydroxylation is 1. The summed E-state index contributed by atoms with van der Waals surface area (Å²) in [5.74, 6) is 1.80. The second-order valence-corrected chi connectivity index (χ2v) is 6.67. The summed E-state index contributed by atoms with van der Waals surface area (Å²) in [6.45, 7) is 8.72. The van der Waals surface area contributed by atoms with Crippen LogP contribution in [0.3, 0.4) is 0 Å². The summed E-state index contributed by atoms with van der Waals surface area (Å²) in [5, 5.41) is 0.869. The minimum atomic E-state index is 0.173. The maximum Gasteiger partial charge on any atom is 0.130 e. The average Bonchev–Trinajstić information content (AvgIpc) is 2.40. The van der Waals surface area contributed by atoms with Crippen molar-refractivity contribution in [2.45, 2.75) is 38.4 Å². The maximum absolute atomic E-state index is 5.96. The number of hydrogen-bond donors (Lipinski definition) is 0. The normalized spacial score (nSPS) is 11.4. The molecule has 2 aromatic carbocycles. The van der Waals surface area contributed by atoms with Gasteiger partial charge in [-0.05, 0) is 47.2 Å². The van der Waals surface area contributed by atoms with Gasteiger partial charge in [0.25, 0.3) is 0 Å². The highest BCUT2D eigenvalue weighted by molar-refractivity contribution is 9.08. The van der Waals surface area contributed by atoms with Gasteiger partial charge >= 0.3 is 0 Å². The fourth-order valence-electron chi connectivity index (χ4n) is 2.06. The molecule has 2 rings (SSSR count). The van der Waals surface area contributed by atoms with E-state index in [2.05, 4.69) is 67.9 Å². The van der Waals surface area contributed by atoms with Crippen LogP contribution in [-0.2, 0) is 10.7 Å². The van der Waals surface area contributed by atoms with Gasteiger partial charge in [0.15, 0.2) is 0 Å². The zero-order valence-corrected chi connectivity index (χ0v) is 14.1. The van der Waals surface area contributed by atoms with Crippen molar-refractivity contribution in [3.8, 4) is 11.5 Å². The summed E-state index contributed by atoms with van der Waals surface area (Å²) in [4.78, 5) is 0. The van der Waals surface area contributed by atoms with Gasteiger partial charge < -0.3 is 4.74 Å². The van der Waals surface area contributed by atoms with E-state index in [1.165, 1.54) is 11.1 Å². The number of hydrogen-bond acceptors (Lipinski definition) is 1. The summed E-state index contributed by atoms with van der Waals surface area (Å²) < 4.78 is 5.96. The number of ether oxygens (including phenoxy) is 1. The third-order valence-corrected chi connectivity index (χ3v) is 3.99. The zero-order valence-electron chi connectivity index (χ0n) is 12.5. The van der Waals surface area contributed by atoms with Crippen LogP contribution >= 0.6 is 15.9 Å². The molecule has 1 nitrogen and oxygen atoms in total. The summed E-state index contributed by atoms with van der Waals surface area (Å²) in [5.41, 5.74) is 3.90. The monoisotopic (exact) mass is 332 g/mol. The molecule has 0 saturated heterocycles. The molecule has 0 radical (unpaired) electrons. The van der Waals surface area contributed by atoms with Gasteiger partial charge in [-0.1, -0.05) is 61.0 Å². The van der Waals surface area contributed by atoms with Crippen molar-refractivity contribution < 1.29 is 4.74 Å². The fraction of sp³-hybridized carbons (Fsp3) is 0.333. The van der Waals surface area contributed by atoms with Crippen molar-refractivity contribution in [1.29, 1.82) is 0 Å². The highest BCUT2D eigenvalue weighted by atomic mass is 79.9. The maximum atomic E-state index is 5.96. The Kier molecular flexibility index (Phi) is 4.54. The molecule has 0 unspecified atom stereocenters.